The zero-order valence-electron chi connectivity index (χ0n) is 11.3. The highest BCUT2D eigenvalue weighted by molar-refractivity contribution is 5.83. The second kappa shape index (κ2) is 5.89. The number of ether oxygens (including phenoxy) is 1. The maximum Gasteiger partial charge on any atom is 0.308 e. The lowest BCUT2D eigenvalue weighted by atomic mass is 10.2. The zero-order valence-corrected chi connectivity index (χ0v) is 11.3. The largest absolute Gasteiger partial charge is 0.466 e. The molecule has 2 aromatic rings. The van der Waals surface area contributed by atoms with E-state index in [9.17, 15) is 9.90 Å². The molecule has 0 aliphatic carbocycles. The molecule has 0 aliphatic heterocycles. The Morgan fingerprint density at radius 2 is 2.16 bits per heavy atom. The van der Waals surface area contributed by atoms with Crippen LogP contribution >= 0.6 is 0 Å². The van der Waals surface area contributed by atoms with Gasteiger partial charge in [0.1, 0.15) is 0 Å². The molecular formula is C15H19NO3. The van der Waals surface area contributed by atoms with Gasteiger partial charge < -0.3 is 14.4 Å². The molecule has 1 heterocycles. The van der Waals surface area contributed by atoms with Crippen molar-refractivity contribution in [2.45, 2.75) is 32.9 Å². The van der Waals surface area contributed by atoms with Crippen LogP contribution in [0.5, 0.6) is 0 Å². The van der Waals surface area contributed by atoms with Crippen molar-refractivity contribution in [3.05, 3.63) is 36.0 Å². The molecule has 1 unspecified atom stereocenters. The van der Waals surface area contributed by atoms with Crippen molar-refractivity contribution in [3.8, 4) is 0 Å². The van der Waals surface area contributed by atoms with Crippen molar-refractivity contribution in [1.82, 2.24) is 4.57 Å². The number of aliphatic hydroxyl groups excluding tert-OH is 1. The second-order valence-corrected chi connectivity index (χ2v) is 4.64. The van der Waals surface area contributed by atoms with Crippen LogP contribution in [0.15, 0.2) is 30.5 Å². The molecule has 4 heteroatoms. The minimum atomic E-state index is -0.728. The van der Waals surface area contributed by atoms with E-state index in [4.69, 9.17) is 4.74 Å². The van der Waals surface area contributed by atoms with Gasteiger partial charge in [0.2, 0.25) is 0 Å². The molecule has 1 aromatic carbocycles. The molecule has 102 valence electrons. The molecule has 0 amide bonds. The number of carbonyl (C=O) groups excluding carboxylic acids is 1. The first-order chi connectivity index (χ1) is 9.11. The Balaban J connectivity index is 2.11. The molecule has 0 aliphatic rings. The number of rotatable bonds is 5. The van der Waals surface area contributed by atoms with Gasteiger partial charge in [-0.15, -0.1) is 0 Å². The van der Waals surface area contributed by atoms with E-state index in [0.29, 0.717) is 13.2 Å². The topological polar surface area (TPSA) is 51.5 Å². The van der Waals surface area contributed by atoms with E-state index >= 15 is 0 Å². The molecule has 1 atom stereocenters. The summed E-state index contributed by atoms with van der Waals surface area (Å²) in [5, 5.41) is 11.1. The highest BCUT2D eigenvalue weighted by Gasteiger charge is 2.14. The normalized spacial score (nSPS) is 12.6. The number of fused-ring (bicyclic) bond motifs is 1. The number of aromatic nitrogens is 1. The van der Waals surface area contributed by atoms with Crippen LogP contribution in [0.25, 0.3) is 10.9 Å². The van der Waals surface area contributed by atoms with Crippen molar-refractivity contribution in [1.29, 1.82) is 0 Å². The number of aliphatic hydroxyl groups is 1. The summed E-state index contributed by atoms with van der Waals surface area (Å²) in [7, 11) is 0. The van der Waals surface area contributed by atoms with Gasteiger partial charge in [0, 0.05) is 23.6 Å². The first-order valence-electron chi connectivity index (χ1n) is 6.50. The monoisotopic (exact) mass is 261 g/mol. The van der Waals surface area contributed by atoms with E-state index < -0.39 is 6.10 Å². The van der Waals surface area contributed by atoms with Crippen LogP contribution in [0.3, 0.4) is 0 Å². The Morgan fingerprint density at radius 1 is 1.42 bits per heavy atom. The number of nitrogens with zero attached hydrogens (tertiary/aromatic N) is 1. The van der Waals surface area contributed by atoms with Gasteiger partial charge in [0.25, 0.3) is 0 Å². The summed E-state index contributed by atoms with van der Waals surface area (Å²) in [5.41, 5.74) is 2.24. The van der Waals surface area contributed by atoms with E-state index in [1.807, 2.05) is 35.9 Å². The fraction of sp³-hybridized carbons (Fsp3) is 0.400. The number of hydrogen-bond donors (Lipinski definition) is 1. The number of esters is 1. The summed E-state index contributed by atoms with van der Waals surface area (Å²) in [6.45, 7) is 4.54. The van der Waals surface area contributed by atoms with E-state index in [-0.39, 0.29) is 12.4 Å². The molecule has 0 radical (unpaired) electrons. The maximum atomic E-state index is 11.3. The van der Waals surface area contributed by atoms with Crippen molar-refractivity contribution < 1.29 is 14.6 Å². The lowest BCUT2D eigenvalue weighted by Gasteiger charge is -2.12. The van der Waals surface area contributed by atoms with E-state index in [1.165, 1.54) is 10.9 Å². The summed E-state index contributed by atoms with van der Waals surface area (Å²) in [5.74, 6) is -0.358. The Kier molecular flexibility index (Phi) is 4.22. The molecule has 0 saturated heterocycles. The van der Waals surface area contributed by atoms with Crippen molar-refractivity contribution >= 4 is 16.9 Å². The maximum absolute atomic E-state index is 11.3. The van der Waals surface area contributed by atoms with Crippen LogP contribution < -0.4 is 0 Å². The van der Waals surface area contributed by atoms with Crippen LogP contribution in [0.1, 0.15) is 18.9 Å². The van der Waals surface area contributed by atoms with E-state index in [2.05, 4.69) is 6.07 Å². The van der Waals surface area contributed by atoms with Crippen molar-refractivity contribution in [2.24, 2.45) is 0 Å². The summed E-state index contributed by atoms with van der Waals surface area (Å²) < 4.78 is 6.82. The molecule has 1 N–H and O–H groups in total. The molecule has 0 spiro atoms. The van der Waals surface area contributed by atoms with E-state index in [1.54, 1.807) is 6.92 Å². The molecule has 4 nitrogen and oxygen atoms in total. The molecule has 0 fully saturated rings. The van der Waals surface area contributed by atoms with Gasteiger partial charge >= 0.3 is 5.97 Å². The van der Waals surface area contributed by atoms with Crippen molar-refractivity contribution in [2.75, 3.05) is 6.61 Å². The first-order valence-corrected chi connectivity index (χ1v) is 6.50. The lowest BCUT2D eigenvalue weighted by Crippen LogP contribution is -2.20. The Hall–Kier alpha value is -1.81. The smallest absolute Gasteiger partial charge is 0.308 e. The van der Waals surface area contributed by atoms with Gasteiger partial charge in [0.15, 0.2) is 0 Å². The van der Waals surface area contributed by atoms with Gasteiger partial charge in [-0.25, -0.2) is 0 Å². The van der Waals surface area contributed by atoms with Crippen LogP contribution in [-0.4, -0.2) is 28.4 Å². The summed E-state index contributed by atoms with van der Waals surface area (Å²) in [4.78, 5) is 11.3. The first kappa shape index (κ1) is 13.6. The summed E-state index contributed by atoms with van der Waals surface area (Å²) in [6.07, 6.45) is 1.30. The van der Waals surface area contributed by atoms with Gasteiger partial charge in [-0.2, -0.15) is 0 Å². The Morgan fingerprint density at radius 3 is 2.89 bits per heavy atom. The van der Waals surface area contributed by atoms with Crippen molar-refractivity contribution in [3.63, 3.8) is 0 Å². The molecule has 2 rings (SSSR count). The van der Waals surface area contributed by atoms with Crippen LogP contribution in [0, 0.1) is 6.92 Å². The number of benzene rings is 1. The van der Waals surface area contributed by atoms with Gasteiger partial charge in [-0.05, 0) is 25.5 Å². The average molecular weight is 261 g/mol. The number of para-hydroxylation sites is 1. The third-order valence-corrected chi connectivity index (χ3v) is 3.10. The molecule has 0 saturated carbocycles. The van der Waals surface area contributed by atoms with Gasteiger partial charge in [0.05, 0.1) is 19.1 Å². The average Bonchev–Trinajstić information content (AvgIpc) is 2.67. The number of carbonyl (C=O) groups is 1. The third kappa shape index (κ3) is 3.15. The van der Waals surface area contributed by atoms with Gasteiger partial charge in [-0.3, -0.25) is 4.79 Å². The third-order valence-electron chi connectivity index (χ3n) is 3.10. The number of aryl methyl sites for hydroxylation is 1. The zero-order chi connectivity index (χ0) is 13.8. The highest BCUT2D eigenvalue weighted by Crippen LogP contribution is 2.20. The molecule has 19 heavy (non-hydrogen) atoms. The minimum Gasteiger partial charge on any atom is -0.466 e. The van der Waals surface area contributed by atoms with Crippen LogP contribution in [-0.2, 0) is 16.1 Å². The standard InChI is InChI=1S/C15H19NO3/c1-3-19-15(18)8-12(17)10-16-9-11(2)13-6-4-5-7-14(13)16/h4-7,9,12,17H,3,8,10H2,1-2H3. The fourth-order valence-corrected chi connectivity index (χ4v) is 2.29. The molecular weight excluding hydrogens is 242 g/mol. The predicted molar refractivity (Wildman–Crippen MR) is 73.9 cm³/mol. The van der Waals surface area contributed by atoms with Crippen LogP contribution in [0.4, 0.5) is 0 Å². The molecule has 0 bridgehead atoms. The predicted octanol–water partition coefficient (Wildman–Crippen LogP) is 2.26. The van der Waals surface area contributed by atoms with E-state index in [0.717, 1.165) is 5.52 Å². The SMILES string of the molecule is CCOC(=O)CC(O)Cn1cc(C)c2ccccc21. The second-order valence-electron chi connectivity index (χ2n) is 4.64. The Labute approximate surface area is 112 Å². The fourth-order valence-electron chi connectivity index (χ4n) is 2.29. The lowest BCUT2D eigenvalue weighted by molar-refractivity contribution is -0.145. The molecule has 1 aromatic heterocycles. The summed E-state index contributed by atoms with van der Waals surface area (Å²) in [6, 6.07) is 8.03. The summed E-state index contributed by atoms with van der Waals surface area (Å²) >= 11 is 0. The highest BCUT2D eigenvalue weighted by atomic mass is 16.5. The number of hydrogen-bond acceptors (Lipinski definition) is 3. The van der Waals surface area contributed by atoms with Gasteiger partial charge in [-0.1, -0.05) is 18.2 Å². The van der Waals surface area contributed by atoms with Crippen LogP contribution in [0.2, 0.25) is 0 Å². The quantitative estimate of drug-likeness (QED) is 0.840. The Bertz CT molecular complexity index is 574. The minimum absolute atomic E-state index is 0.0272.